The Morgan fingerprint density at radius 3 is 2.57 bits per heavy atom. The number of benzene rings is 2. The van der Waals surface area contributed by atoms with Crippen LogP contribution in [-0.4, -0.2) is 15.0 Å². The van der Waals surface area contributed by atoms with E-state index in [9.17, 15) is 8.42 Å². The fraction of sp³-hybridized carbons (Fsp3) is 0.294. The Hall–Kier alpha value is -1.65. The zero-order valence-electron chi connectivity index (χ0n) is 11.9. The van der Waals surface area contributed by atoms with Gasteiger partial charge in [-0.1, -0.05) is 48.5 Å². The van der Waals surface area contributed by atoms with Gasteiger partial charge in [-0.2, -0.15) is 0 Å². The van der Waals surface area contributed by atoms with Crippen molar-refractivity contribution in [3.05, 3.63) is 70.8 Å². The molecule has 1 aliphatic heterocycles. The second kappa shape index (κ2) is 6.00. The lowest BCUT2D eigenvalue weighted by atomic mass is 9.96. The van der Waals surface area contributed by atoms with Crippen molar-refractivity contribution in [2.24, 2.45) is 0 Å². The normalized spacial score (nSPS) is 14.7. The van der Waals surface area contributed by atoms with Crippen molar-refractivity contribution in [2.45, 2.75) is 24.5 Å². The molecule has 0 radical (unpaired) electrons. The van der Waals surface area contributed by atoms with Gasteiger partial charge in [0, 0.05) is 6.54 Å². The van der Waals surface area contributed by atoms with Crippen LogP contribution in [0.2, 0.25) is 0 Å². The average molecular weight is 301 g/mol. The van der Waals surface area contributed by atoms with Crippen molar-refractivity contribution in [1.29, 1.82) is 0 Å². The summed E-state index contributed by atoms with van der Waals surface area (Å²) >= 11 is 0. The van der Waals surface area contributed by atoms with E-state index in [0.717, 1.165) is 30.6 Å². The summed E-state index contributed by atoms with van der Waals surface area (Å²) in [4.78, 5) is 0. The zero-order chi connectivity index (χ0) is 14.7. The van der Waals surface area contributed by atoms with Crippen LogP contribution in [-0.2, 0) is 34.3 Å². The third-order valence-corrected chi connectivity index (χ3v) is 5.37. The molecule has 0 aliphatic carbocycles. The van der Waals surface area contributed by atoms with E-state index in [1.807, 2.05) is 42.5 Å². The molecule has 2 aromatic rings. The first-order valence-electron chi connectivity index (χ1n) is 7.19. The highest BCUT2D eigenvalue weighted by atomic mass is 32.2. The first-order valence-corrected chi connectivity index (χ1v) is 9.01. The second-order valence-corrected chi connectivity index (χ2v) is 7.56. The molecule has 0 aromatic heterocycles. The van der Waals surface area contributed by atoms with Gasteiger partial charge in [-0.05, 0) is 35.2 Å². The number of fused-ring (bicyclic) bond motifs is 1. The van der Waals surface area contributed by atoms with Crippen LogP contribution in [0.1, 0.15) is 22.3 Å². The van der Waals surface area contributed by atoms with Crippen molar-refractivity contribution in [3.8, 4) is 0 Å². The number of hydrogen-bond acceptors (Lipinski definition) is 3. The Labute approximate surface area is 125 Å². The molecule has 3 nitrogen and oxygen atoms in total. The Balaban J connectivity index is 1.83. The summed E-state index contributed by atoms with van der Waals surface area (Å²) in [5.41, 5.74) is 4.26. The minimum atomic E-state index is -3.14. The molecule has 4 heteroatoms. The second-order valence-electron chi connectivity index (χ2n) is 5.50. The maximum absolute atomic E-state index is 12.4. The smallest absolute Gasteiger partial charge is 0.158 e. The molecule has 0 unspecified atom stereocenters. The summed E-state index contributed by atoms with van der Waals surface area (Å²) in [6.07, 6.45) is 0.909. The zero-order valence-corrected chi connectivity index (χ0v) is 12.7. The van der Waals surface area contributed by atoms with E-state index in [-0.39, 0.29) is 11.5 Å². The van der Waals surface area contributed by atoms with Gasteiger partial charge in [0.05, 0.1) is 11.5 Å². The quantitative estimate of drug-likeness (QED) is 0.943. The predicted molar refractivity (Wildman–Crippen MR) is 84.6 cm³/mol. The SMILES string of the molecule is O=S(=O)(Cc1ccccc1)Cc1cccc2c1CCNC2. The molecule has 3 rings (SSSR count). The first-order chi connectivity index (χ1) is 10.1. The molecule has 0 fully saturated rings. The topological polar surface area (TPSA) is 46.2 Å². The van der Waals surface area contributed by atoms with E-state index in [0.29, 0.717) is 0 Å². The molecule has 0 atom stereocenters. The molecule has 0 amide bonds. The highest BCUT2D eigenvalue weighted by molar-refractivity contribution is 7.89. The van der Waals surface area contributed by atoms with E-state index in [1.54, 1.807) is 0 Å². The highest BCUT2D eigenvalue weighted by Crippen LogP contribution is 2.22. The van der Waals surface area contributed by atoms with Crippen LogP contribution in [0, 0.1) is 0 Å². The van der Waals surface area contributed by atoms with Gasteiger partial charge < -0.3 is 5.32 Å². The summed E-state index contributed by atoms with van der Waals surface area (Å²) in [7, 11) is -3.14. The van der Waals surface area contributed by atoms with E-state index in [2.05, 4.69) is 11.4 Å². The maximum Gasteiger partial charge on any atom is 0.158 e. The minimum absolute atomic E-state index is 0.107. The van der Waals surface area contributed by atoms with Crippen molar-refractivity contribution < 1.29 is 8.42 Å². The molecule has 0 spiro atoms. The Morgan fingerprint density at radius 2 is 1.76 bits per heavy atom. The summed E-state index contributed by atoms with van der Waals surface area (Å²) < 4.78 is 24.9. The van der Waals surface area contributed by atoms with Crippen LogP contribution in [0.5, 0.6) is 0 Å². The average Bonchev–Trinajstić information content (AvgIpc) is 2.48. The third kappa shape index (κ3) is 3.52. The van der Waals surface area contributed by atoms with Gasteiger partial charge in [0.1, 0.15) is 0 Å². The monoisotopic (exact) mass is 301 g/mol. The molecule has 0 saturated heterocycles. The third-order valence-electron chi connectivity index (χ3n) is 3.84. The standard InChI is InChI=1S/C17H19NO2S/c19-21(20,12-14-5-2-1-3-6-14)13-16-8-4-7-15-11-18-10-9-17(15)16/h1-8,18H,9-13H2. The van der Waals surface area contributed by atoms with Gasteiger partial charge in [0.25, 0.3) is 0 Å². The Kier molecular flexibility index (Phi) is 4.08. The molecule has 0 bridgehead atoms. The van der Waals surface area contributed by atoms with Crippen molar-refractivity contribution >= 4 is 9.84 Å². The maximum atomic E-state index is 12.4. The lowest BCUT2D eigenvalue weighted by molar-refractivity contribution is 0.593. The number of rotatable bonds is 4. The highest BCUT2D eigenvalue weighted by Gasteiger charge is 2.18. The Bertz CT molecular complexity index is 724. The van der Waals surface area contributed by atoms with E-state index in [4.69, 9.17) is 0 Å². The fourth-order valence-corrected chi connectivity index (χ4v) is 4.41. The van der Waals surface area contributed by atoms with Crippen LogP contribution in [0.3, 0.4) is 0 Å². The number of hydrogen-bond donors (Lipinski definition) is 1. The largest absolute Gasteiger partial charge is 0.312 e. The van der Waals surface area contributed by atoms with E-state index < -0.39 is 9.84 Å². The fourth-order valence-electron chi connectivity index (χ4n) is 2.86. The van der Waals surface area contributed by atoms with Crippen LogP contribution in [0.4, 0.5) is 0 Å². The number of sulfone groups is 1. The number of nitrogens with one attached hydrogen (secondary N) is 1. The molecular formula is C17H19NO2S. The van der Waals surface area contributed by atoms with Crippen molar-refractivity contribution in [1.82, 2.24) is 5.32 Å². The summed E-state index contributed by atoms with van der Waals surface area (Å²) in [5.74, 6) is 0.237. The van der Waals surface area contributed by atoms with Crippen LogP contribution < -0.4 is 5.32 Å². The summed E-state index contributed by atoms with van der Waals surface area (Å²) in [5, 5.41) is 3.32. The molecule has 1 aliphatic rings. The van der Waals surface area contributed by atoms with Crippen LogP contribution >= 0.6 is 0 Å². The predicted octanol–water partition coefficient (Wildman–Crippen LogP) is 2.45. The molecule has 110 valence electrons. The molecule has 2 aromatic carbocycles. The molecular weight excluding hydrogens is 282 g/mol. The lowest BCUT2D eigenvalue weighted by Gasteiger charge is -2.20. The van der Waals surface area contributed by atoms with Gasteiger partial charge in [-0.3, -0.25) is 0 Å². The van der Waals surface area contributed by atoms with E-state index >= 15 is 0 Å². The molecule has 1 N–H and O–H groups in total. The van der Waals surface area contributed by atoms with Crippen molar-refractivity contribution in [2.75, 3.05) is 6.54 Å². The molecule has 0 saturated carbocycles. The Morgan fingerprint density at radius 1 is 0.952 bits per heavy atom. The minimum Gasteiger partial charge on any atom is -0.312 e. The summed E-state index contributed by atoms with van der Waals surface area (Å²) in [6, 6.07) is 15.4. The lowest BCUT2D eigenvalue weighted by Crippen LogP contribution is -2.25. The van der Waals surface area contributed by atoms with Crippen LogP contribution in [0.25, 0.3) is 0 Å². The molecule has 21 heavy (non-hydrogen) atoms. The molecule has 1 heterocycles. The van der Waals surface area contributed by atoms with Gasteiger partial charge in [-0.15, -0.1) is 0 Å². The summed E-state index contributed by atoms with van der Waals surface area (Å²) in [6.45, 7) is 1.75. The van der Waals surface area contributed by atoms with Gasteiger partial charge in [-0.25, -0.2) is 8.42 Å². The first kappa shape index (κ1) is 14.3. The van der Waals surface area contributed by atoms with Gasteiger partial charge >= 0.3 is 0 Å². The van der Waals surface area contributed by atoms with Crippen molar-refractivity contribution in [3.63, 3.8) is 0 Å². The van der Waals surface area contributed by atoms with Gasteiger partial charge in [0.2, 0.25) is 0 Å². The van der Waals surface area contributed by atoms with Crippen LogP contribution in [0.15, 0.2) is 48.5 Å². The van der Waals surface area contributed by atoms with Gasteiger partial charge in [0.15, 0.2) is 9.84 Å². The van der Waals surface area contributed by atoms with E-state index in [1.165, 1.54) is 11.1 Å².